The van der Waals surface area contributed by atoms with Gasteiger partial charge in [-0.15, -0.1) is 0 Å². The molecule has 0 unspecified atom stereocenters. The molecule has 1 aliphatic heterocycles. The standard InChI is InChI=1S/C26H29N5O3/c1-19(2)21-5-7-22(8-6-21)26(32)30-14-12-29(13-15-30)23-9-10-25(31(33)34)24(16-23)28-18-20-4-3-11-27-17-20/h3-11,16-17,19,28H,12-15,18H2,1-2H3. The van der Waals surface area contributed by atoms with Crippen LogP contribution in [-0.4, -0.2) is 46.9 Å². The molecule has 1 saturated heterocycles. The third-order valence-corrected chi connectivity index (χ3v) is 6.14. The van der Waals surface area contributed by atoms with Crippen molar-refractivity contribution < 1.29 is 9.72 Å². The van der Waals surface area contributed by atoms with Crippen molar-refractivity contribution in [3.63, 3.8) is 0 Å². The Morgan fingerprint density at radius 3 is 2.44 bits per heavy atom. The summed E-state index contributed by atoms with van der Waals surface area (Å²) in [5.74, 6) is 0.468. The number of pyridine rings is 1. The fourth-order valence-corrected chi connectivity index (χ4v) is 4.08. The van der Waals surface area contributed by atoms with E-state index in [1.807, 2.05) is 47.4 Å². The Labute approximate surface area is 199 Å². The van der Waals surface area contributed by atoms with Crippen LogP contribution in [0.4, 0.5) is 17.1 Å². The molecule has 8 heteroatoms. The number of carbonyl (C=O) groups excluding carboxylic acids is 1. The Morgan fingerprint density at radius 1 is 1.09 bits per heavy atom. The van der Waals surface area contributed by atoms with Crippen LogP contribution < -0.4 is 10.2 Å². The van der Waals surface area contributed by atoms with Crippen LogP contribution in [0.3, 0.4) is 0 Å². The van der Waals surface area contributed by atoms with Gasteiger partial charge in [-0.2, -0.15) is 0 Å². The molecule has 0 atom stereocenters. The number of piperazine rings is 1. The van der Waals surface area contributed by atoms with E-state index in [0.29, 0.717) is 49.9 Å². The zero-order valence-electron chi connectivity index (χ0n) is 19.5. The number of carbonyl (C=O) groups is 1. The number of nitro groups is 1. The molecule has 1 aliphatic rings. The molecule has 1 aromatic heterocycles. The first-order valence-electron chi connectivity index (χ1n) is 11.5. The Morgan fingerprint density at radius 2 is 1.82 bits per heavy atom. The van der Waals surface area contributed by atoms with Crippen LogP contribution in [0.2, 0.25) is 0 Å². The van der Waals surface area contributed by atoms with Crippen LogP contribution in [0, 0.1) is 10.1 Å². The van der Waals surface area contributed by atoms with Crippen LogP contribution in [0.5, 0.6) is 0 Å². The summed E-state index contributed by atoms with van der Waals surface area (Å²) >= 11 is 0. The largest absolute Gasteiger partial charge is 0.375 e. The highest BCUT2D eigenvalue weighted by molar-refractivity contribution is 5.94. The zero-order chi connectivity index (χ0) is 24.1. The highest BCUT2D eigenvalue weighted by Gasteiger charge is 2.24. The summed E-state index contributed by atoms with van der Waals surface area (Å²) in [5, 5.41) is 14.7. The van der Waals surface area contributed by atoms with Crippen molar-refractivity contribution in [3.8, 4) is 0 Å². The number of anilines is 2. The minimum atomic E-state index is -0.378. The van der Waals surface area contributed by atoms with E-state index in [0.717, 1.165) is 11.3 Å². The molecule has 0 spiro atoms. The lowest BCUT2D eigenvalue weighted by atomic mass is 10.0. The molecule has 2 heterocycles. The van der Waals surface area contributed by atoms with Crippen molar-refractivity contribution in [1.29, 1.82) is 0 Å². The monoisotopic (exact) mass is 459 g/mol. The Kier molecular flexibility index (Phi) is 7.06. The second kappa shape index (κ2) is 10.3. The van der Waals surface area contributed by atoms with E-state index in [9.17, 15) is 14.9 Å². The normalized spacial score (nSPS) is 13.7. The summed E-state index contributed by atoms with van der Waals surface area (Å²) in [6, 6.07) is 16.7. The van der Waals surface area contributed by atoms with Crippen LogP contribution in [0.1, 0.15) is 41.3 Å². The minimum absolute atomic E-state index is 0.0336. The summed E-state index contributed by atoms with van der Waals surface area (Å²) in [6.45, 7) is 7.23. The maximum atomic E-state index is 12.9. The lowest BCUT2D eigenvalue weighted by Gasteiger charge is -2.36. The number of nitrogens with one attached hydrogen (secondary N) is 1. The van der Waals surface area contributed by atoms with Gasteiger partial charge in [0.15, 0.2) is 0 Å². The van der Waals surface area contributed by atoms with Crippen molar-refractivity contribution in [2.24, 2.45) is 0 Å². The molecule has 1 N–H and O–H groups in total. The van der Waals surface area contributed by atoms with Crippen LogP contribution in [-0.2, 0) is 6.54 Å². The molecule has 8 nitrogen and oxygen atoms in total. The molecular formula is C26H29N5O3. The number of benzene rings is 2. The van der Waals surface area contributed by atoms with E-state index >= 15 is 0 Å². The fourth-order valence-electron chi connectivity index (χ4n) is 4.08. The molecule has 34 heavy (non-hydrogen) atoms. The number of aromatic nitrogens is 1. The number of hydrogen-bond acceptors (Lipinski definition) is 6. The molecule has 2 aromatic carbocycles. The topological polar surface area (TPSA) is 91.6 Å². The van der Waals surface area contributed by atoms with Gasteiger partial charge in [-0.3, -0.25) is 19.9 Å². The molecule has 1 fully saturated rings. The van der Waals surface area contributed by atoms with Crippen LogP contribution >= 0.6 is 0 Å². The molecular weight excluding hydrogens is 430 g/mol. The second-order valence-corrected chi connectivity index (χ2v) is 8.73. The van der Waals surface area contributed by atoms with Crippen molar-refractivity contribution in [2.75, 3.05) is 36.4 Å². The summed E-state index contributed by atoms with van der Waals surface area (Å²) in [7, 11) is 0. The van der Waals surface area contributed by atoms with Gasteiger partial charge in [0.2, 0.25) is 0 Å². The van der Waals surface area contributed by atoms with E-state index < -0.39 is 0 Å². The lowest BCUT2D eigenvalue weighted by Crippen LogP contribution is -2.48. The predicted molar refractivity (Wildman–Crippen MR) is 133 cm³/mol. The van der Waals surface area contributed by atoms with Crippen molar-refractivity contribution in [2.45, 2.75) is 26.3 Å². The third-order valence-electron chi connectivity index (χ3n) is 6.14. The minimum Gasteiger partial charge on any atom is -0.375 e. The summed E-state index contributed by atoms with van der Waals surface area (Å²) in [5.41, 5.74) is 4.26. The van der Waals surface area contributed by atoms with Crippen molar-refractivity contribution in [1.82, 2.24) is 9.88 Å². The molecule has 0 radical (unpaired) electrons. The summed E-state index contributed by atoms with van der Waals surface area (Å²) < 4.78 is 0. The van der Waals surface area contributed by atoms with Gasteiger partial charge >= 0.3 is 0 Å². The molecule has 3 aromatic rings. The van der Waals surface area contributed by atoms with E-state index in [-0.39, 0.29) is 16.5 Å². The quantitative estimate of drug-likeness (QED) is 0.407. The Bertz CT molecular complexity index is 1140. The lowest BCUT2D eigenvalue weighted by molar-refractivity contribution is -0.384. The first kappa shape index (κ1) is 23.2. The smallest absolute Gasteiger partial charge is 0.292 e. The maximum Gasteiger partial charge on any atom is 0.292 e. The van der Waals surface area contributed by atoms with Gasteiger partial charge in [0, 0.05) is 62.4 Å². The van der Waals surface area contributed by atoms with E-state index in [2.05, 4.69) is 29.0 Å². The maximum absolute atomic E-state index is 12.9. The first-order chi connectivity index (χ1) is 16.4. The summed E-state index contributed by atoms with van der Waals surface area (Å²) in [6.07, 6.45) is 3.42. The Balaban J connectivity index is 1.42. The number of hydrogen-bond donors (Lipinski definition) is 1. The van der Waals surface area contributed by atoms with E-state index in [1.165, 1.54) is 11.6 Å². The van der Waals surface area contributed by atoms with Crippen LogP contribution in [0.15, 0.2) is 67.0 Å². The first-order valence-corrected chi connectivity index (χ1v) is 11.5. The second-order valence-electron chi connectivity index (χ2n) is 8.73. The van der Waals surface area contributed by atoms with Crippen molar-refractivity contribution >= 4 is 23.0 Å². The highest BCUT2D eigenvalue weighted by atomic mass is 16.6. The third kappa shape index (κ3) is 5.33. The van der Waals surface area contributed by atoms with Gasteiger partial charge in [0.25, 0.3) is 11.6 Å². The van der Waals surface area contributed by atoms with E-state index in [1.54, 1.807) is 18.5 Å². The van der Waals surface area contributed by atoms with Gasteiger partial charge in [0.05, 0.1) is 4.92 Å². The molecule has 1 amide bonds. The number of rotatable bonds is 7. The number of nitrogens with zero attached hydrogens (tertiary/aromatic N) is 4. The SMILES string of the molecule is CC(C)c1ccc(C(=O)N2CCN(c3ccc([N+](=O)[O-])c(NCc4cccnc4)c3)CC2)cc1. The fraction of sp³-hybridized carbons (Fsp3) is 0.308. The van der Waals surface area contributed by atoms with Crippen LogP contribution in [0.25, 0.3) is 0 Å². The molecule has 0 aliphatic carbocycles. The van der Waals surface area contributed by atoms with E-state index in [4.69, 9.17) is 0 Å². The molecule has 0 bridgehead atoms. The van der Waals surface area contributed by atoms with Gasteiger partial charge in [-0.25, -0.2) is 0 Å². The average molecular weight is 460 g/mol. The summed E-state index contributed by atoms with van der Waals surface area (Å²) in [4.78, 5) is 32.2. The zero-order valence-corrected chi connectivity index (χ0v) is 19.5. The van der Waals surface area contributed by atoms with Gasteiger partial charge in [0.1, 0.15) is 5.69 Å². The van der Waals surface area contributed by atoms with Gasteiger partial charge in [-0.05, 0) is 47.4 Å². The number of nitro benzene ring substituents is 1. The number of amides is 1. The van der Waals surface area contributed by atoms with Crippen molar-refractivity contribution in [3.05, 3.63) is 93.8 Å². The molecule has 4 rings (SSSR count). The van der Waals surface area contributed by atoms with Gasteiger partial charge in [-0.1, -0.05) is 32.0 Å². The average Bonchev–Trinajstić information content (AvgIpc) is 2.87. The Hall–Kier alpha value is -3.94. The molecule has 176 valence electrons. The predicted octanol–water partition coefficient (Wildman–Crippen LogP) is 4.69. The highest BCUT2D eigenvalue weighted by Crippen LogP contribution is 2.30. The molecule has 0 saturated carbocycles. The van der Waals surface area contributed by atoms with Gasteiger partial charge < -0.3 is 15.1 Å².